The maximum absolute atomic E-state index is 5.02. The predicted octanol–water partition coefficient (Wildman–Crippen LogP) is 12.0. The lowest BCUT2D eigenvalue weighted by molar-refractivity contribution is 0.403. The molecule has 7 aromatic carbocycles. The molecule has 3 nitrogen and oxygen atoms in total. The lowest BCUT2D eigenvalue weighted by Gasteiger charge is -2.22. The topological polar surface area (TPSA) is 38.7 Å². The van der Waals surface area contributed by atoms with Gasteiger partial charge in [0.1, 0.15) is 0 Å². The number of aromatic nitrogens is 3. The molecule has 236 valence electrons. The Morgan fingerprint density at radius 2 is 0.755 bits per heavy atom. The zero-order valence-electron chi connectivity index (χ0n) is 28.3. The lowest BCUT2D eigenvalue weighted by atomic mass is 9.82. The third-order valence-electron chi connectivity index (χ3n) is 10.5. The summed E-state index contributed by atoms with van der Waals surface area (Å²) < 4.78 is 0. The molecule has 8 aromatic rings. The van der Waals surface area contributed by atoms with Crippen molar-refractivity contribution in [1.82, 2.24) is 15.0 Å². The van der Waals surface area contributed by atoms with E-state index in [1.807, 2.05) is 60.7 Å². The summed E-state index contributed by atoms with van der Waals surface area (Å²) in [5.74, 6) is 2.00. The van der Waals surface area contributed by atoms with Gasteiger partial charge in [-0.1, -0.05) is 155 Å². The zero-order valence-corrected chi connectivity index (χ0v) is 28.3. The summed E-state index contributed by atoms with van der Waals surface area (Å²) in [6.07, 6.45) is 1.17. The SMILES string of the molecule is CC1(C)CC(C)(C)c2cc(-c3ccc4c5ccc(-c6nc(-c7ccccc7)nc(-c7ccccc7)n6)cc5c5ccccc5c4c3)ccc21. The minimum Gasteiger partial charge on any atom is -0.208 e. The molecule has 1 heterocycles. The molecule has 0 bridgehead atoms. The summed E-state index contributed by atoms with van der Waals surface area (Å²) in [5, 5.41) is 7.40. The summed E-state index contributed by atoms with van der Waals surface area (Å²) in [6.45, 7) is 9.54. The van der Waals surface area contributed by atoms with Gasteiger partial charge in [0, 0.05) is 16.7 Å². The van der Waals surface area contributed by atoms with Crippen LogP contribution in [0.15, 0.2) is 140 Å². The summed E-state index contributed by atoms with van der Waals surface area (Å²) in [7, 11) is 0. The van der Waals surface area contributed by atoms with Gasteiger partial charge in [-0.3, -0.25) is 0 Å². The molecule has 0 saturated heterocycles. The standard InChI is InChI=1S/C46H37N3/c1-45(2)28-46(3,4)41-27-32(21-24-40(41)45)31-19-22-36-37-23-20-33(26-39(37)35-18-12-11-17-34(35)38(36)25-31)44-48-42(29-13-7-5-8-14-29)47-43(49-44)30-15-9-6-10-16-30/h5-27H,28H2,1-4H3. The normalized spacial score (nSPS) is 14.8. The summed E-state index contributed by atoms with van der Waals surface area (Å²) in [6, 6.07) is 49.9. The predicted molar refractivity (Wildman–Crippen MR) is 205 cm³/mol. The Balaban J connectivity index is 1.22. The maximum Gasteiger partial charge on any atom is 0.164 e. The molecule has 1 aromatic heterocycles. The largest absolute Gasteiger partial charge is 0.208 e. The van der Waals surface area contributed by atoms with Crippen LogP contribution in [0.3, 0.4) is 0 Å². The monoisotopic (exact) mass is 631 g/mol. The van der Waals surface area contributed by atoms with Crippen molar-refractivity contribution in [1.29, 1.82) is 0 Å². The lowest BCUT2D eigenvalue weighted by Crippen LogP contribution is -2.17. The summed E-state index contributed by atoms with van der Waals surface area (Å²) >= 11 is 0. The number of fused-ring (bicyclic) bond motifs is 7. The van der Waals surface area contributed by atoms with Crippen molar-refractivity contribution in [2.24, 2.45) is 0 Å². The van der Waals surface area contributed by atoms with Crippen LogP contribution in [0.25, 0.3) is 77.6 Å². The highest BCUT2D eigenvalue weighted by Gasteiger charge is 2.41. The molecule has 3 heteroatoms. The third-order valence-corrected chi connectivity index (χ3v) is 10.5. The first kappa shape index (κ1) is 29.5. The highest BCUT2D eigenvalue weighted by atomic mass is 15.0. The second-order valence-corrected chi connectivity index (χ2v) is 14.8. The number of hydrogen-bond acceptors (Lipinski definition) is 3. The molecule has 0 unspecified atom stereocenters. The minimum absolute atomic E-state index is 0.161. The molecule has 0 aliphatic heterocycles. The van der Waals surface area contributed by atoms with E-state index in [0.29, 0.717) is 17.5 Å². The Morgan fingerprint density at radius 1 is 0.347 bits per heavy atom. The van der Waals surface area contributed by atoms with E-state index >= 15 is 0 Å². The van der Waals surface area contributed by atoms with E-state index in [0.717, 1.165) is 16.7 Å². The van der Waals surface area contributed by atoms with Gasteiger partial charge in [-0.25, -0.2) is 15.0 Å². The summed E-state index contributed by atoms with van der Waals surface area (Å²) in [4.78, 5) is 14.9. The second-order valence-electron chi connectivity index (χ2n) is 14.8. The van der Waals surface area contributed by atoms with Gasteiger partial charge in [-0.05, 0) is 84.0 Å². The molecule has 1 aliphatic carbocycles. The quantitative estimate of drug-likeness (QED) is 0.181. The Hall–Kier alpha value is -5.67. The van der Waals surface area contributed by atoms with Crippen LogP contribution >= 0.6 is 0 Å². The van der Waals surface area contributed by atoms with Gasteiger partial charge in [0.05, 0.1) is 0 Å². The first-order chi connectivity index (χ1) is 23.7. The van der Waals surface area contributed by atoms with E-state index in [1.54, 1.807) is 0 Å². The maximum atomic E-state index is 5.02. The molecule has 0 N–H and O–H groups in total. The van der Waals surface area contributed by atoms with Gasteiger partial charge < -0.3 is 0 Å². The Morgan fingerprint density at radius 3 is 1.33 bits per heavy atom. The van der Waals surface area contributed by atoms with Crippen molar-refractivity contribution in [3.8, 4) is 45.3 Å². The first-order valence-electron chi connectivity index (χ1n) is 17.2. The van der Waals surface area contributed by atoms with Gasteiger partial charge in [0.25, 0.3) is 0 Å². The Kier molecular flexibility index (Phi) is 6.57. The fourth-order valence-corrected chi connectivity index (χ4v) is 8.38. The van der Waals surface area contributed by atoms with Crippen molar-refractivity contribution in [3.63, 3.8) is 0 Å². The molecule has 9 rings (SSSR count). The van der Waals surface area contributed by atoms with Crippen molar-refractivity contribution < 1.29 is 0 Å². The van der Waals surface area contributed by atoms with Crippen LogP contribution < -0.4 is 0 Å². The van der Waals surface area contributed by atoms with E-state index in [2.05, 4.69) is 107 Å². The van der Waals surface area contributed by atoms with Gasteiger partial charge in [0.2, 0.25) is 0 Å². The molecule has 0 amide bonds. The van der Waals surface area contributed by atoms with Crippen LogP contribution in [0, 0.1) is 0 Å². The molecule has 1 aliphatic rings. The fraction of sp³-hybridized carbons (Fsp3) is 0.152. The highest BCUT2D eigenvalue weighted by molar-refractivity contribution is 6.26. The fourth-order valence-electron chi connectivity index (χ4n) is 8.38. The van der Waals surface area contributed by atoms with Crippen LogP contribution in [-0.2, 0) is 10.8 Å². The van der Waals surface area contributed by atoms with Gasteiger partial charge in [0.15, 0.2) is 17.5 Å². The number of nitrogens with zero attached hydrogens (tertiary/aromatic N) is 3. The van der Waals surface area contributed by atoms with Crippen LogP contribution in [0.2, 0.25) is 0 Å². The molecule has 0 saturated carbocycles. The van der Waals surface area contributed by atoms with E-state index < -0.39 is 0 Å². The van der Waals surface area contributed by atoms with E-state index in [9.17, 15) is 0 Å². The number of hydrogen-bond donors (Lipinski definition) is 0. The van der Waals surface area contributed by atoms with Crippen molar-refractivity contribution in [2.75, 3.05) is 0 Å². The van der Waals surface area contributed by atoms with Crippen molar-refractivity contribution in [2.45, 2.75) is 44.9 Å². The number of rotatable bonds is 4. The van der Waals surface area contributed by atoms with Gasteiger partial charge in [-0.15, -0.1) is 0 Å². The first-order valence-corrected chi connectivity index (χ1v) is 17.2. The van der Waals surface area contributed by atoms with Gasteiger partial charge >= 0.3 is 0 Å². The Labute approximate surface area is 287 Å². The van der Waals surface area contributed by atoms with E-state index in [4.69, 9.17) is 15.0 Å². The van der Waals surface area contributed by atoms with Crippen LogP contribution in [0.1, 0.15) is 45.2 Å². The molecular weight excluding hydrogens is 595 g/mol. The van der Waals surface area contributed by atoms with Crippen LogP contribution in [-0.4, -0.2) is 15.0 Å². The average Bonchev–Trinajstić information content (AvgIpc) is 3.33. The van der Waals surface area contributed by atoms with Crippen LogP contribution in [0.4, 0.5) is 0 Å². The van der Waals surface area contributed by atoms with Gasteiger partial charge in [-0.2, -0.15) is 0 Å². The summed E-state index contributed by atoms with van der Waals surface area (Å²) in [5.41, 5.74) is 8.76. The second kappa shape index (κ2) is 10.9. The number of benzene rings is 7. The minimum atomic E-state index is 0.161. The molecule has 0 spiro atoms. The van der Waals surface area contributed by atoms with E-state index in [-0.39, 0.29) is 10.8 Å². The molecule has 0 radical (unpaired) electrons. The van der Waals surface area contributed by atoms with Crippen molar-refractivity contribution in [3.05, 3.63) is 151 Å². The third kappa shape index (κ3) is 4.92. The smallest absolute Gasteiger partial charge is 0.164 e. The molecule has 0 fully saturated rings. The van der Waals surface area contributed by atoms with E-state index in [1.165, 1.54) is 61.0 Å². The molecular formula is C46H37N3. The average molecular weight is 632 g/mol. The zero-order chi connectivity index (χ0) is 33.3. The molecule has 0 atom stereocenters. The Bertz CT molecular complexity index is 2490. The molecule has 49 heavy (non-hydrogen) atoms. The highest BCUT2D eigenvalue weighted by Crippen LogP contribution is 2.50. The van der Waals surface area contributed by atoms with Crippen LogP contribution in [0.5, 0.6) is 0 Å². The van der Waals surface area contributed by atoms with Crippen molar-refractivity contribution >= 4 is 32.3 Å².